The van der Waals surface area contributed by atoms with Gasteiger partial charge in [0.15, 0.2) is 0 Å². The average Bonchev–Trinajstić information content (AvgIpc) is 3.23. The van der Waals surface area contributed by atoms with Gasteiger partial charge in [0.05, 0.1) is 16.7 Å². The van der Waals surface area contributed by atoms with Crippen LogP contribution in [0.2, 0.25) is 10.0 Å². The summed E-state index contributed by atoms with van der Waals surface area (Å²) in [6, 6.07) is 6.22. The van der Waals surface area contributed by atoms with Gasteiger partial charge in [-0.2, -0.15) is 0 Å². The van der Waals surface area contributed by atoms with Crippen LogP contribution in [0, 0.1) is 11.3 Å². The molecule has 0 bridgehead atoms. The van der Waals surface area contributed by atoms with Gasteiger partial charge in [0.2, 0.25) is 0 Å². The van der Waals surface area contributed by atoms with E-state index >= 15 is 0 Å². The van der Waals surface area contributed by atoms with Gasteiger partial charge in [-0.1, -0.05) is 29.3 Å². The summed E-state index contributed by atoms with van der Waals surface area (Å²) in [4.78, 5) is 0. The summed E-state index contributed by atoms with van der Waals surface area (Å²) in [5.74, 6) is 0.672. The Hall–Kier alpha value is -0.320. The lowest BCUT2D eigenvalue weighted by atomic mass is 9.83. The normalized spacial score (nSPS) is 26.3. The Morgan fingerprint density at radius 2 is 2.14 bits per heavy atom. The number of aliphatic hydroxyl groups is 1. The van der Waals surface area contributed by atoms with Crippen LogP contribution >= 0.6 is 23.2 Å². The van der Waals surface area contributed by atoms with Crippen molar-refractivity contribution in [3.8, 4) is 0 Å². The third-order valence-corrected chi connectivity index (χ3v) is 5.66. The highest BCUT2D eigenvalue weighted by atomic mass is 35.5. The molecule has 0 aromatic heterocycles. The van der Waals surface area contributed by atoms with Crippen LogP contribution in [0.4, 0.5) is 0 Å². The lowest BCUT2D eigenvalue weighted by Crippen LogP contribution is -2.38. The van der Waals surface area contributed by atoms with Crippen LogP contribution in [0.1, 0.15) is 37.3 Å². The summed E-state index contributed by atoms with van der Waals surface area (Å²) in [7, 11) is 0. The van der Waals surface area contributed by atoms with Crippen LogP contribution < -0.4 is 5.32 Å². The molecule has 1 saturated carbocycles. The number of halogens is 2. The highest BCUT2D eigenvalue weighted by molar-refractivity contribution is 6.42. The van der Waals surface area contributed by atoms with E-state index in [1.165, 1.54) is 18.4 Å². The van der Waals surface area contributed by atoms with Gasteiger partial charge in [0.1, 0.15) is 0 Å². The number of aliphatic hydroxyl groups excluding tert-OH is 1. The highest BCUT2D eigenvalue weighted by Crippen LogP contribution is 2.43. The van der Waals surface area contributed by atoms with Gasteiger partial charge < -0.3 is 15.2 Å². The molecule has 1 saturated heterocycles. The van der Waals surface area contributed by atoms with E-state index in [0.29, 0.717) is 22.0 Å². The van der Waals surface area contributed by atoms with Crippen LogP contribution in [0.15, 0.2) is 18.2 Å². The second kappa shape index (κ2) is 7.06. The van der Waals surface area contributed by atoms with Crippen molar-refractivity contribution in [3.05, 3.63) is 33.8 Å². The predicted octanol–water partition coefficient (Wildman–Crippen LogP) is 3.82. The smallest absolute Gasteiger partial charge is 0.0595 e. The number of benzene rings is 1. The largest absolute Gasteiger partial charge is 0.396 e. The van der Waals surface area contributed by atoms with Gasteiger partial charge in [-0.3, -0.25) is 0 Å². The molecule has 3 rings (SSSR count). The molecular weight excluding hydrogens is 321 g/mol. The molecule has 1 aromatic rings. The molecule has 2 fully saturated rings. The zero-order chi connectivity index (χ0) is 15.6. The molecule has 0 spiro atoms. The van der Waals surface area contributed by atoms with Gasteiger partial charge in [0, 0.05) is 31.2 Å². The average molecular weight is 344 g/mol. The quantitative estimate of drug-likeness (QED) is 0.790. The Balaban J connectivity index is 1.70. The highest BCUT2D eigenvalue weighted by Gasteiger charge is 2.38. The molecule has 2 N–H and O–H groups in total. The summed E-state index contributed by atoms with van der Waals surface area (Å²) in [6.07, 6.45) is 4.31. The molecule has 2 atom stereocenters. The lowest BCUT2D eigenvalue weighted by Gasteiger charge is -2.30. The monoisotopic (exact) mass is 343 g/mol. The molecule has 3 nitrogen and oxygen atoms in total. The minimum atomic E-state index is 0.0676. The fraction of sp³-hybridized carbons (Fsp3) is 0.647. The Morgan fingerprint density at radius 3 is 2.73 bits per heavy atom. The molecule has 1 aliphatic heterocycles. The summed E-state index contributed by atoms with van der Waals surface area (Å²) >= 11 is 12.2. The van der Waals surface area contributed by atoms with Gasteiger partial charge >= 0.3 is 0 Å². The van der Waals surface area contributed by atoms with Gasteiger partial charge in [0.25, 0.3) is 0 Å². The van der Waals surface area contributed by atoms with Crippen molar-refractivity contribution in [1.29, 1.82) is 0 Å². The molecular formula is C17H23Cl2NO2. The van der Waals surface area contributed by atoms with E-state index in [-0.39, 0.29) is 12.0 Å². The number of hydrogen-bond acceptors (Lipinski definition) is 3. The Bertz CT molecular complexity index is 513. The van der Waals surface area contributed by atoms with Gasteiger partial charge in [-0.05, 0) is 49.3 Å². The maximum absolute atomic E-state index is 9.35. The summed E-state index contributed by atoms with van der Waals surface area (Å²) in [5.41, 5.74) is 1.27. The van der Waals surface area contributed by atoms with Crippen molar-refractivity contribution in [2.24, 2.45) is 11.3 Å². The second-order valence-corrected chi connectivity index (χ2v) is 7.46. The molecule has 1 aromatic carbocycles. The van der Waals surface area contributed by atoms with Crippen LogP contribution in [-0.4, -0.2) is 31.5 Å². The van der Waals surface area contributed by atoms with Crippen molar-refractivity contribution in [3.63, 3.8) is 0 Å². The van der Waals surface area contributed by atoms with Crippen LogP contribution in [-0.2, 0) is 4.74 Å². The zero-order valence-electron chi connectivity index (χ0n) is 12.7. The predicted molar refractivity (Wildman–Crippen MR) is 89.5 cm³/mol. The molecule has 1 heterocycles. The van der Waals surface area contributed by atoms with Crippen molar-refractivity contribution in [1.82, 2.24) is 5.32 Å². The van der Waals surface area contributed by atoms with Crippen molar-refractivity contribution in [2.75, 3.05) is 26.4 Å². The minimum Gasteiger partial charge on any atom is -0.396 e. The van der Waals surface area contributed by atoms with Crippen LogP contribution in [0.3, 0.4) is 0 Å². The molecule has 0 radical (unpaired) electrons. The first kappa shape index (κ1) is 16.5. The van der Waals surface area contributed by atoms with Crippen LogP contribution in [0.5, 0.6) is 0 Å². The minimum absolute atomic E-state index is 0.0676. The summed E-state index contributed by atoms with van der Waals surface area (Å²) < 4.78 is 5.57. The maximum atomic E-state index is 9.35. The summed E-state index contributed by atoms with van der Waals surface area (Å²) in [6.45, 7) is 2.61. The second-order valence-electron chi connectivity index (χ2n) is 6.65. The molecule has 1 aliphatic carbocycles. The third kappa shape index (κ3) is 3.77. The van der Waals surface area contributed by atoms with E-state index in [0.717, 1.165) is 32.6 Å². The van der Waals surface area contributed by atoms with Gasteiger partial charge in [-0.15, -0.1) is 0 Å². The molecule has 2 aliphatic rings. The van der Waals surface area contributed by atoms with E-state index in [9.17, 15) is 5.11 Å². The van der Waals surface area contributed by atoms with Crippen molar-refractivity contribution < 1.29 is 9.84 Å². The Morgan fingerprint density at radius 1 is 1.32 bits per heavy atom. The van der Waals surface area contributed by atoms with E-state index in [2.05, 4.69) is 11.4 Å². The fourth-order valence-electron chi connectivity index (χ4n) is 3.33. The molecule has 122 valence electrons. The van der Waals surface area contributed by atoms with Crippen LogP contribution in [0.25, 0.3) is 0 Å². The van der Waals surface area contributed by atoms with E-state index in [1.807, 2.05) is 12.1 Å². The lowest BCUT2D eigenvalue weighted by molar-refractivity contribution is 0.121. The Kier molecular flexibility index (Phi) is 5.31. The first-order valence-corrected chi connectivity index (χ1v) is 8.76. The third-order valence-electron chi connectivity index (χ3n) is 4.92. The first-order chi connectivity index (χ1) is 10.6. The number of ether oxygens (including phenoxy) is 1. The van der Waals surface area contributed by atoms with Crippen molar-refractivity contribution >= 4 is 23.2 Å². The van der Waals surface area contributed by atoms with Gasteiger partial charge in [-0.25, -0.2) is 0 Å². The molecule has 22 heavy (non-hydrogen) atoms. The zero-order valence-corrected chi connectivity index (χ0v) is 14.2. The van der Waals surface area contributed by atoms with E-state index in [1.54, 1.807) is 0 Å². The SMILES string of the molecule is OCCC1(CNC(c2ccc(Cl)c(Cl)c2)C2CC2)CCOC1. The number of nitrogens with one attached hydrogen (secondary N) is 1. The molecule has 5 heteroatoms. The van der Waals surface area contributed by atoms with E-state index < -0.39 is 0 Å². The summed E-state index contributed by atoms with van der Waals surface area (Å²) in [5, 5.41) is 14.3. The number of rotatable bonds is 7. The van der Waals surface area contributed by atoms with E-state index in [4.69, 9.17) is 27.9 Å². The molecule has 2 unspecified atom stereocenters. The first-order valence-electron chi connectivity index (χ1n) is 8.00. The molecule has 0 amide bonds. The fourth-order valence-corrected chi connectivity index (χ4v) is 3.64. The van der Waals surface area contributed by atoms with Crippen molar-refractivity contribution in [2.45, 2.75) is 31.7 Å². The Labute approximate surface area is 141 Å². The standard InChI is InChI=1S/C17H23Cl2NO2/c18-14-4-3-13(9-15(14)19)16(12-1-2-12)20-10-17(5-7-21)6-8-22-11-17/h3-4,9,12,16,20-21H,1-2,5-8,10-11H2. The topological polar surface area (TPSA) is 41.5 Å². The number of hydrogen-bond donors (Lipinski definition) is 2. The maximum Gasteiger partial charge on any atom is 0.0595 e.